The summed E-state index contributed by atoms with van der Waals surface area (Å²) in [5, 5.41) is 6.83. The van der Waals surface area contributed by atoms with Crippen molar-refractivity contribution < 1.29 is 9.26 Å². The summed E-state index contributed by atoms with van der Waals surface area (Å²) < 4.78 is 11.5. The van der Waals surface area contributed by atoms with Gasteiger partial charge in [-0.1, -0.05) is 27.2 Å². The third-order valence-corrected chi connectivity index (χ3v) is 2.63. The standard InChI is InChI=1S/C12H13BrN2O2/c13-10-2-1-3-11(8-10)16-7-6-14-9-12-4-5-15-17-12/h1-5,8,14H,6-7,9H2. The molecular formula is C12H13BrN2O2. The number of aromatic nitrogens is 1. The number of ether oxygens (including phenoxy) is 1. The van der Waals surface area contributed by atoms with Crippen LogP contribution in [0.25, 0.3) is 0 Å². The van der Waals surface area contributed by atoms with Crippen LogP contribution >= 0.6 is 15.9 Å². The van der Waals surface area contributed by atoms with Gasteiger partial charge in [-0.05, 0) is 18.2 Å². The Hall–Kier alpha value is -1.33. The second-order valence-electron chi connectivity index (χ2n) is 3.46. The maximum Gasteiger partial charge on any atom is 0.150 e. The quantitative estimate of drug-likeness (QED) is 0.833. The Balaban J connectivity index is 1.63. The summed E-state index contributed by atoms with van der Waals surface area (Å²) in [5.74, 6) is 1.69. The number of rotatable bonds is 6. The Bertz CT molecular complexity index is 446. The van der Waals surface area contributed by atoms with Crippen LogP contribution in [-0.4, -0.2) is 18.3 Å². The number of benzene rings is 1. The van der Waals surface area contributed by atoms with Crippen molar-refractivity contribution in [3.63, 3.8) is 0 Å². The molecule has 1 aromatic carbocycles. The molecular weight excluding hydrogens is 284 g/mol. The van der Waals surface area contributed by atoms with Crippen LogP contribution in [0.4, 0.5) is 0 Å². The van der Waals surface area contributed by atoms with Gasteiger partial charge in [0.15, 0.2) is 0 Å². The Morgan fingerprint density at radius 1 is 1.35 bits per heavy atom. The lowest BCUT2D eigenvalue weighted by Gasteiger charge is -2.06. The van der Waals surface area contributed by atoms with E-state index in [4.69, 9.17) is 9.26 Å². The van der Waals surface area contributed by atoms with Gasteiger partial charge in [0.1, 0.15) is 18.1 Å². The molecule has 2 rings (SSSR count). The van der Waals surface area contributed by atoms with Crippen molar-refractivity contribution in [2.75, 3.05) is 13.2 Å². The maximum absolute atomic E-state index is 5.57. The van der Waals surface area contributed by atoms with Gasteiger partial charge in [0.05, 0.1) is 12.7 Å². The molecule has 1 N–H and O–H groups in total. The van der Waals surface area contributed by atoms with Gasteiger partial charge in [-0.25, -0.2) is 0 Å². The fourth-order valence-corrected chi connectivity index (χ4v) is 1.72. The zero-order valence-electron chi connectivity index (χ0n) is 9.23. The van der Waals surface area contributed by atoms with Crippen LogP contribution in [0.5, 0.6) is 5.75 Å². The average Bonchev–Trinajstić information content (AvgIpc) is 2.82. The molecule has 0 aliphatic heterocycles. The van der Waals surface area contributed by atoms with E-state index in [1.54, 1.807) is 6.20 Å². The molecule has 0 fully saturated rings. The summed E-state index contributed by atoms with van der Waals surface area (Å²) in [6.45, 7) is 2.04. The normalized spacial score (nSPS) is 10.4. The Morgan fingerprint density at radius 3 is 3.06 bits per heavy atom. The van der Waals surface area contributed by atoms with Crippen LogP contribution in [0.3, 0.4) is 0 Å². The third kappa shape index (κ3) is 4.20. The van der Waals surface area contributed by atoms with Crippen molar-refractivity contribution in [3.05, 3.63) is 46.8 Å². The fourth-order valence-electron chi connectivity index (χ4n) is 1.34. The van der Waals surface area contributed by atoms with Crippen molar-refractivity contribution in [3.8, 4) is 5.75 Å². The van der Waals surface area contributed by atoms with Gasteiger partial charge in [0, 0.05) is 17.1 Å². The zero-order valence-corrected chi connectivity index (χ0v) is 10.8. The molecule has 0 unspecified atom stereocenters. The Kier molecular flexibility index (Phi) is 4.58. The van der Waals surface area contributed by atoms with Gasteiger partial charge in [0.25, 0.3) is 0 Å². The molecule has 17 heavy (non-hydrogen) atoms. The molecule has 1 heterocycles. The topological polar surface area (TPSA) is 47.3 Å². The van der Waals surface area contributed by atoms with E-state index in [2.05, 4.69) is 26.4 Å². The molecule has 0 spiro atoms. The molecule has 0 saturated heterocycles. The van der Waals surface area contributed by atoms with Gasteiger partial charge in [0.2, 0.25) is 0 Å². The van der Waals surface area contributed by atoms with E-state index in [9.17, 15) is 0 Å². The SMILES string of the molecule is Brc1cccc(OCCNCc2ccno2)c1. The first-order valence-corrected chi connectivity index (χ1v) is 6.12. The zero-order chi connectivity index (χ0) is 11.9. The monoisotopic (exact) mass is 296 g/mol. The molecule has 0 aliphatic carbocycles. The molecule has 90 valence electrons. The van der Waals surface area contributed by atoms with E-state index in [-0.39, 0.29) is 0 Å². The first-order valence-electron chi connectivity index (χ1n) is 5.33. The minimum atomic E-state index is 0.616. The van der Waals surface area contributed by atoms with Gasteiger partial charge >= 0.3 is 0 Å². The van der Waals surface area contributed by atoms with Crippen molar-refractivity contribution in [1.82, 2.24) is 10.5 Å². The summed E-state index contributed by atoms with van der Waals surface area (Å²) in [4.78, 5) is 0. The van der Waals surface area contributed by atoms with Crippen molar-refractivity contribution in [2.45, 2.75) is 6.54 Å². The van der Waals surface area contributed by atoms with E-state index < -0.39 is 0 Å². The predicted octanol–water partition coefficient (Wildman–Crippen LogP) is 2.61. The minimum absolute atomic E-state index is 0.616. The molecule has 1 aromatic heterocycles. The lowest BCUT2D eigenvalue weighted by atomic mass is 10.3. The van der Waals surface area contributed by atoms with E-state index in [0.29, 0.717) is 13.2 Å². The van der Waals surface area contributed by atoms with Crippen molar-refractivity contribution in [2.24, 2.45) is 0 Å². The molecule has 2 aromatic rings. The second-order valence-corrected chi connectivity index (χ2v) is 4.38. The van der Waals surface area contributed by atoms with E-state index in [1.807, 2.05) is 30.3 Å². The number of nitrogens with zero attached hydrogens (tertiary/aromatic N) is 1. The van der Waals surface area contributed by atoms with Crippen molar-refractivity contribution >= 4 is 15.9 Å². The van der Waals surface area contributed by atoms with Crippen LogP contribution < -0.4 is 10.1 Å². The average molecular weight is 297 g/mol. The molecule has 5 heteroatoms. The molecule has 0 bridgehead atoms. The second kappa shape index (κ2) is 6.42. The van der Waals surface area contributed by atoms with Crippen molar-refractivity contribution in [1.29, 1.82) is 0 Å². The first-order chi connectivity index (χ1) is 8.34. The maximum atomic E-state index is 5.57. The number of hydrogen-bond donors (Lipinski definition) is 1. The largest absolute Gasteiger partial charge is 0.492 e. The molecule has 0 aliphatic rings. The summed E-state index contributed by atoms with van der Waals surface area (Å²) in [6, 6.07) is 9.62. The third-order valence-electron chi connectivity index (χ3n) is 2.13. The Morgan fingerprint density at radius 2 is 2.29 bits per heavy atom. The van der Waals surface area contributed by atoms with E-state index >= 15 is 0 Å². The lowest BCUT2D eigenvalue weighted by molar-refractivity contribution is 0.306. The minimum Gasteiger partial charge on any atom is -0.492 e. The molecule has 0 atom stereocenters. The lowest BCUT2D eigenvalue weighted by Crippen LogP contribution is -2.20. The highest BCUT2D eigenvalue weighted by Crippen LogP contribution is 2.17. The summed E-state index contributed by atoms with van der Waals surface area (Å²) in [7, 11) is 0. The van der Waals surface area contributed by atoms with Crippen LogP contribution in [0, 0.1) is 0 Å². The van der Waals surface area contributed by atoms with Crippen LogP contribution in [-0.2, 0) is 6.54 Å². The molecule has 4 nitrogen and oxygen atoms in total. The van der Waals surface area contributed by atoms with E-state index in [1.165, 1.54) is 0 Å². The van der Waals surface area contributed by atoms with Crippen LogP contribution in [0.15, 0.2) is 45.5 Å². The highest BCUT2D eigenvalue weighted by molar-refractivity contribution is 9.10. The first kappa shape index (κ1) is 12.1. The summed E-state index contributed by atoms with van der Waals surface area (Å²) >= 11 is 3.40. The number of halogens is 1. The highest BCUT2D eigenvalue weighted by Gasteiger charge is 1.97. The van der Waals surface area contributed by atoms with Crippen LogP contribution in [0.1, 0.15) is 5.76 Å². The highest BCUT2D eigenvalue weighted by atomic mass is 79.9. The fraction of sp³-hybridized carbons (Fsp3) is 0.250. The van der Waals surface area contributed by atoms with Gasteiger partial charge in [-0.2, -0.15) is 0 Å². The predicted molar refractivity (Wildman–Crippen MR) is 67.8 cm³/mol. The van der Waals surface area contributed by atoms with E-state index in [0.717, 1.165) is 22.5 Å². The molecule has 0 radical (unpaired) electrons. The number of hydrogen-bond acceptors (Lipinski definition) is 4. The Labute approximate surface area is 108 Å². The van der Waals surface area contributed by atoms with Gasteiger partial charge < -0.3 is 14.6 Å². The summed E-state index contributed by atoms with van der Waals surface area (Å²) in [5.41, 5.74) is 0. The smallest absolute Gasteiger partial charge is 0.150 e. The number of nitrogens with one attached hydrogen (secondary N) is 1. The molecule has 0 amide bonds. The molecule has 0 saturated carbocycles. The summed E-state index contributed by atoms with van der Waals surface area (Å²) in [6.07, 6.45) is 1.63. The van der Waals surface area contributed by atoms with Crippen LogP contribution in [0.2, 0.25) is 0 Å². The van der Waals surface area contributed by atoms with Gasteiger partial charge in [-0.3, -0.25) is 0 Å². The van der Waals surface area contributed by atoms with Gasteiger partial charge in [-0.15, -0.1) is 0 Å².